The molecule has 0 saturated heterocycles. The van der Waals surface area contributed by atoms with Crippen LogP contribution >= 0.6 is 34.4 Å². The SMILES string of the molecule is Nc1ccc(Sc2ccc(C(=O)O)c(I)c2)cc1. The monoisotopic (exact) mass is 371 g/mol. The third kappa shape index (κ3) is 3.17. The molecule has 2 rings (SSSR count). The van der Waals surface area contributed by atoms with Crippen molar-refractivity contribution in [2.45, 2.75) is 9.79 Å². The highest BCUT2D eigenvalue weighted by molar-refractivity contribution is 14.1. The van der Waals surface area contributed by atoms with Crippen molar-refractivity contribution >= 4 is 46.0 Å². The van der Waals surface area contributed by atoms with Gasteiger partial charge >= 0.3 is 5.97 Å². The van der Waals surface area contributed by atoms with Crippen LogP contribution in [0.15, 0.2) is 52.3 Å². The first kappa shape index (κ1) is 13.2. The number of hydrogen-bond donors (Lipinski definition) is 2. The molecule has 3 nitrogen and oxygen atoms in total. The number of aromatic carboxylic acids is 1. The molecule has 0 aliphatic heterocycles. The van der Waals surface area contributed by atoms with Gasteiger partial charge in [-0.05, 0) is 65.1 Å². The van der Waals surface area contributed by atoms with E-state index < -0.39 is 5.97 Å². The summed E-state index contributed by atoms with van der Waals surface area (Å²) in [7, 11) is 0. The van der Waals surface area contributed by atoms with E-state index in [9.17, 15) is 4.79 Å². The third-order valence-corrected chi connectivity index (χ3v) is 4.18. The summed E-state index contributed by atoms with van der Waals surface area (Å²) < 4.78 is 0.737. The van der Waals surface area contributed by atoms with E-state index in [0.29, 0.717) is 5.56 Å². The van der Waals surface area contributed by atoms with Gasteiger partial charge in [-0.15, -0.1) is 0 Å². The Morgan fingerprint density at radius 2 is 1.72 bits per heavy atom. The fraction of sp³-hybridized carbons (Fsp3) is 0. The Hall–Kier alpha value is -1.21. The second kappa shape index (κ2) is 5.62. The lowest BCUT2D eigenvalue weighted by Gasteiger charge is -2.05. The minimum Gasteiger partial charge on any atom is -0.478 e. The molecule has 0 aliphatic carbocycles. The van der Waals surface area contributed by atoms with E-state index in [1.165, 1.54) is 0 Å². The number of nitrogens with two attached hydrogens (primary N) is 1. The van der Waals surface area contributed by atoms with Crippen molar-refractivity contribution in [1.82, 2.24) is 0 Å². The fourth-order valence-corrected chi connectivity index (χ4v) is 3.22. The first-order valence-corrected chi connectivity index (χ1v) is 7.02. The average Bonchev–Trinajstić information content (AvgIpc) is 2.32. The van der Waals surface area contributed by atoms with Crippen LogP contribution in [0.4, 0.5) is 5.69 Å². The van der Waals surface area contributed by atoms with Crippen LogP contribution in [0.5, 0.6) is 0 Å². The fourth-order valence-electron chi connectivity index (χ4n) is 1.40. The summed E-state index contributed by atoms with van der Waals surface area (Å²) in [5.74, 6) is -0.900. The Morgan fingerprint density at radius 3 is 2.28 bits per heavy atom. The molecule has 2 aromatic carbocycles. The van der Waals surface area contributed by atoms with Crippen LogP contribution in [0, 0.1) is 3.57 Å². The Morgan fingerprint density at radius 1 is 1.11 bits per heavy atom. The van der Waals surface area contributed by atoms with Crippen LogP contribution in [-0.2, 0) is 0 Å². The van der Waals surface area contributed by atoms with Gasteiger partial charge in [0.2, 0.25) is 0 Å². The highest BCUT2D eigenvalue weighted by Gasteiger charge is 2.08. The van der Waals surface area contributed by atoms with Crippen LogP contribution in [0.1, 0.15) is 10.4 Å². The average molecular weight is 371 g/mol. The number of nitrogen functional groups attached to an aromatic ring is 1. The van der Waals surface area contributed by atoms with Crippen molar-refractivity contribution in [3.05, 3.63) is 51.6 Å². The second-order valence-corrected chi connectivity index (χ2v) is 5.93. The number of halogens is 1. The van der Waals surface area contributed by atoms with Gasteiger partial charge in [-0.25, -0.2) is 4.79 Å². The van der Waals surface area contributed by atoms with Gasteiger partial charge in [0.1, 0.15) is 0 Å². The van der Waals surface area contributed by atoms with Crippen LogP contribution in [0.2, 0.25) is 0 Å². The number of carboxylic acids is 1. The van der Waals surface area contributed by atoms with Gasteiger partial charge in [0.05, 0.1) is 5.56 Å². The second-order valence-electron chi connectivity index (χ2n) is 3.62. The van der Waals surface area contributed by atoms with Crippen LogP contribution in [-0.4, -0.2) is 11.1 Å². The molecule has 0 aromatic heterocycles. The highest BCUT2D eigenvalue weighted by Crippen LogP contribution is 2.30. The van der Waals surface area contributed by atoms with Crippen molar-refractivity contribution in [2.24, 2.45) is 0 Å². The van der Waals surface area contributed by atoms with E-state index in [0.717, 1.165) is 19.0 Å². The van der Waals surface area contributed by atoms with Gasteiger partial charge < -0.3 is 10.8 Å². The topological polar surface area (TPSA) is 63.3 Å². The number of rotatable bonds is 3. The Labute approximate surface area is 123 Å². The summed E-state index contributed by atoms with van der Waals surface area (Å²) in [6.45, 7) is 0. The largest absolute Gasteiger partial charge is 0.478 e. The number of carboxylic acid groups (broad SMARTS) is 1. The summed E-state index contributed by atoms with van der Waals surface area (Å²) in [6.07, 6.45) is 0. The van der Waals surface area contributed by atoms with Crippen molar-refractivity contribution < 1.29 is 9.90 Å². The Bertz CT molecular complexity index is 584. The summed E-state index contributed by atoms with van der Waals surface area (Å²) in [4.78, 5) is 13.0. The number of carbonyl (C=O) groups is 1. The maximum absolute atomic E-state index is 10.9. The zero-order chi connectivity index (χ0) is 13.1. The molecule has 3 N–H and O–H groups in total. The molecular formula is C13H10INO2S. The van der Waals surface area contributed by atoms with Crippen LogP contribution in [0.3, 0.4) is 0 Å². The lowest BCUT2D eigenvalue weighted by atomic mass is 10.2. The van der Waals surface area contributed by atoms with Crippen LogP contribution < -0.4 is 5.73 Å². The molecular weight excluding hydrogens is 361 g/mol. The summed E-state index contributed by atoms with van der Waals surface area (Å²) in [6, 6.07) is 12.9. The van der Waals surface area contributed by atoms with E-state index in [2.05, 4.69) is 0 Å². The third-order valence-electron chi connectivity index (χ3n) is 2.29. The molecule has 0 saturated carbocycles. The summed E-state index contributed by atoms with van der Waals surface area (Å²) in [5.41, 5.74) is 6.68. The summed E-state index contributed by atoms with van der Waals surface area (Å²) >= 11 is 3.61. The maximum Gasteiger partial charge on any atom is 0.336 e. The zero-order valence-corrected chi connectivity index (χ0v) is 12.2. The number of hydrogen-bond acceptors (Lipinski definition) is 3. The van der Waals surface area contributed by atoms with Crippen molar-refractivity contribution in [1.29, 1.82) is 0 Å². The predicted octanol–water partition coefficient (Wildman–Crippen LogP) is 3.72. The first-order chi connectivity index (χ1) is 8.56. The van der Waals surface area contributed by atoms with Gasteiger partial charge in [-0.2, -0.15) is 0 Å². The Kier molecular flexibility index (Phi) is 4.13. The molecule has 18 heavy (non-hydrogen) atoms. The van der Waals surface area contributed by atoms with Crippen molar-refractivity contribution in [3.63, 3.8) is 0 Å². The minimum absolute atomic E-state index is 0.331. The maximum atomic E-state index is 10.9. The highest BCUT2D eigenvalue weighted by atomic mass is 127. The molecule has 0 radical (unpaired) electrons. The number of benzene rings is 2. The molecule has 0 bridgehead atoms. The molecule has 0 spiro atoms. The van der Waals surface area contributed by atoms with E-state index in [-0.39, 0.29) is 0 Å². The zero-order valence-electron chi connectivity index (χ0n) is 9.26. The minimum atomic E-state index is -0.900. The molecule has 5 heteroatoms. The molecule has 2 aromatic rings. The summed E-state index contributed by atoms with van der Waals surface area (Å²) in [5, 5.41) is 8.95. The van der Waals surface area contributed by atoms with Crippen molar-refractivity contribution in [3.8, 4) is 0 Å². The predicted molar refractivity (Wildman–Crippen MR) is 81.1 cm³/mol. The van der Waals surface area contributed by atoms with E-state index >= 15 is 0 Å². The molecule has 92 valence electrons. The van der Waals surface area contributed by atoms with Gasteiger partial charge in [-0.1, -0.05) is 11.8 Å². The van der Waals surface area contributed by atoms with Gasteiger partial charge in [-0.3, -0.25) is 0 Å². The molecule has 0 fully saturated rings. The van der Waals surface area contributed by atoms with Crippen LogP contribution in [0.25, 0.3) is 0 Å². The Balaban J connectivity index is 2.22. The van der Waals surface area contributed by atoms with E-state index in [1.807, 2.05) is 59.0 Å². The normalized spacial score (nSPS) is 10.3. The standard InChI is InChI=1S/C13H10INO2S/c14-12-7-10(5-6-11(12)13(16)17)18-9-3-1-8(15)2-4-9/h1-7H,15H2,(H,16,17). The molecule has 0 atom stereocenters. The quantitative estimate of drug-likeness (QED) is 0.638. The molecule has 0 unspecified atom stereocenters. The van der Waals surface area contributed by atoms with Crippen molar-refractivity contribution in [2.75, 3.05) is 5.73 Å². The number of anilines is 1. The molecule has 0 amide bonds. The lowest BCUT2D eigenvalue weighted by molar-refractivity contribution is 0.0695. The molecule has 0 aliphatic rings. The first-order valence-electron chi connectivity index (χ1n) is 5.12. The molecule has 0 heterocycles. The van der Waals surface area contributed by atoms with E-state index in [1.54, 1.807) is 17.8 Å². The van der Waals surface area contributed by atoms with Gasteiger partial charge in [0, 0.05) is 19.0 Å². The van der Waals surface area contributed by atoms with E-state index in [4.69, 9.17) is 10.8 Å². The van der Waals surface area contributed by atoms with Gasteiger partial charge in [0.25, 0.3) is 0 Å². The smallest absolute Gasteiger partial charge is 0.336 e. The lowest BCUT2D eigenvalue weighted by Crippen LogP contribution is -1.99. The van der Waals surface area contributed by atoms with Gasteiger partial charge in [0.15, 0.2) is 0 Å².